The monoisotopic (exact) mass is 385 g/mol. The number of carboxylic acids is 1. The van der Waals surface area contributed by atoms with Crippen molar-refractivity contribution in [2.24, 2.45) is 0 Å². The summed E-state index contributed by atoms with van der Waals surface area (Å²) in [4.78, 5) is 11.0. The summed E-state index contributed by atoms with van der Waals surface area (Å²) in [6, 6.07) is 24.8. The predicted octanol–water partition coefficient (Wildman–Crippen LogP) is 5.02. The maximum absolute atomic E-state index is 11.0. The Morgan fingerprint density at radius 3 is 2.21 bits per heavy atom. The lowest BCUT2D eigenvalue weighted by molar-refractivity contribution is -0.255. The molecule has 0 saturated carbocycles. The molecule has 0 spiro atoms. The fraction of sp³-hybridized carbons (Fsp3) is 0.0417. The number of thiophene rings is 1. The molecule has 0 unspecified atom stereocenters. The fourth-order valence-corrected chi connectivity index (χ4v) is 3.92. The van der Waals surface area contributed by atoms with Gasteiger partial charge in [-0.1, -0.05) is 72.8 Å². The highest BCUT2D eigenvalue weighted by Crippen LogP contribution is 2.39. The molecule has 4 rings (SSSR count). The van der Waals surface area contributed by atoms with Gasteiger partial charge < -0.3 is 14.6 Å². The SMILES string of the molecule is O=C([O-])c1ccc(-c2cscc2-c2ccccc2OCc2ccccc2)cc1. The second-order valence-corrected chi connectivity index (χ2v) is 7.08. The first kappa shape index (κ1) is 18.0. The van der Waals surface area contributed by atoms with Crippen molar-refractivity contribution < 1.29 is 14.6 Å². The van der Waals surface area contributed by atoms with Crippen molar-refractivity contribution in [1.29, 1.82) is 0 Å². The van der Waals surface area contributed by atoms with Crippen LogP contribution in [0.2, 0.25) is 0 Å². The van der Waals surface area contributed by atoms with Crippen LogP contribution in [0, 0.1) is 0 Å². The van der Waals surface area contributed by atoms with Crippen LogP contribution < -0.4 is 9.84 Å². The van der Waals surface area contributed by atoms with Crippen molar-refractivity contribution in [2.75, 3.05) is 0 Å². The Morgan fingerprint density at radius 2 is 1.46 bits per heavy atom. The number of carbonyl (C=O) groups excluding carboxylic acids is 1. The second kappa shape index (κ2) is 8.11. The molecule has 28 heavy (non-hydrogen) atoms. The predicted molar refractivity (Wildman–Crippen MR) is 110 cm³/mol. The third-order valence-corrected chi connectivity index (χ3v) is 5.25. The van der Waals surface area contributed by atoms with Crippen molar-refractivity contribution in [3.63, 3.8) is 0 Å². The van der Waals surface area contributed by atoms with Gasteiger partial charge >= 0.3 is 0 Å². The van der Waals surface area contributed by atoms with Crippen LogP contribution in [0.1, 0.15) is 15.9 Å². The maximum Gasteiger partial charge on any atom is 0.127 e. The van der Waals surface area contributed by atoms with Gasteiger partial charge in [0.05, 0.1) is 5.97 Å². The first-order chi connectivity index (χ1) is 13.7. The summed E-state index contributed by atoms with van der Waals surface area (Å²) in [5.41, 5.74) is 5.37. The van der Waals surface area contributed by atoms with Gasteiger partial charge in [-0.15, -0.1) is 0 Å². The Bertz CT molecular complexity index is 1080. The Balaban J connectivity index is 1.65. The minimum atomic E-state index is -1.17. The zero-order valence-corrected chi connectivity index (χ0v) is 15.8. The average Bonchev–Trinajstić information content (AvgIpc) is 3.23. The second-order valence-electron chi connectivity index (χ2n) is 6.33. The summed E-state index contributed by atoms with van der Waals surface area (Å²) in [5.74, 6) is -0.353. The summed E-state index contributed by atoms with van der Waals surface area (Å²) < 4.78 is 6.11. The van der Waals surface area contributed by atoms with E-state index in [1.165, 1.54) is 0 Å². The van der Waals surface area contributed by atoms with Crippen LogP contribution in [0.15, 0.2) is 89.6 Å². The molecule has 0 N–H and O–H groups in total. The molecule has 4 heteroatoms. The standard InChI is InChI=1S/C24H18O3S/c25-24(26)19-12-10-18(11-13-19)21-15-28-16-22(21)20-8-4-5-9-23(20)27-14-17-6-2-1-3-7-17/h1-13,15-16H,14H2,(H,25,26)/p-1. The van der Waals surface area contributed by atoms with E-state index in [9.17, 15) is 9.90 Å². The van der Waals surface area contributed by atoms with Crippen LogP contribution in [-0.2, 0) is 6.61 Å². The number of ether oxygens (including phenoxy) is 1. The highest BCUT2D eigenvalue weighted by Gasteiger charge is 2.13. The molecule has 138 valence electrons. The summed E-state index contributed by atoms with van der Waals surface area (Å²) in [5, 5.41) is 15.2. The summed E-state index contributed by atoms with van der Waals surface area (Å²) >= 11 is 1.61. The summed E-state index contributed by atoms with van der Waals surface area (Å²) in [7, 11) is 0. The summed E-state index contributed by atoms with van der Waals surface area (Å²) in [6.07, 6.45) is 0. The largest absolute Gasteiger partial charge is 0.545 e. The van der Waals surface area contributed by atoms with E-state index in [4.69, 9.17) is 4.74 Å². The van der Waals surface area contributed by atoms with Crippen molar-refractivity contribution in [3.05, 3.63) is 101 Å². The number of benzene rings is 3. The maximum atomic E-state index is 11.0. The molecule has 0 aliphatic carbocycles. The molecule has 1 heterocycles. The number of aromatic carboxylic acids is 1. The minimum absolute atomic E-state index is 0.173. The first-order valence-electron chi connectivity index (χ1n) is 8.86. The molecule has 0 fully saturated rings. The lowest BCUT2D eigenvalue weighted by Gasteiger charge is -2.13. The molecule has 0 amide bonds. The van der Waals surface area contributed by atoms with E-state index in [1.807, 2.05) is 66.7 Å². The number of rotatable bonds is 6. The molecule has 4 aromatic rings. The van der Waals surface area contributed by atoms with E-state index >= 15 is 0 Å². The Hall–Kier alpha value is -3.37. The third-order valence-electron chi connectivity index (χ3n) is 4.51. The normalized spacial score (nSPS) is 10.6. The van der Waals surface area contributed by atoms with E-state index in [2.05, 4.69) is 10.8 Å². The third kappa shape index (κ3) is 3.82. The molecular weight excluding hydrogens is 368 g/mol. The van der Waals surface area contributed by atoms with Crippen molar-refractivity contribution in [1.82, 2.24) is 0 Å². The van der Waals surface area contributed by atoms with Crippen LogP contribution in [0.5, 0.6) is 5.75 Å². The highest BCUT2D eigenvalue weighted by atomic mass is 32.1. The average molecular weight is 385 g/mol. The molecule has 1 aromatic heterocycles. The van der Waals surface area contributed by atoms with Crippen LogP contribution in [0.25, 0.3) is 22.3 Å². The van der Waals surface area contributed by atoms with E-state index < -0.39 is 5.97 Å². The van der Waals surface area contributed by atoms with Crippen molar-refractivity contribution in [2.45, 2.75) is 6.61 Å². The fourth-order valence-electron chi connectivity index (χ4n) is 3.07. The van der Waals surface area contributed by atoms with Gasteiger partial charge in [-0.25, -0.2) is 0 Å². The molecule has 0 atom stereocenters. The molecule has 3 nitrogen and oxygen atoms in total. The van der Waals surface area contributed by atoms with Gasteiger partial charge in [-0.3, -0.25) is 0 Å². The topological polar surface area (TPSA) is 49.4 Å². The molecule has 0 bridgehead atoms. The van der Waals surface area contributed by atoms with Gasteiger partial charge in [-0.05, 0) is 33.5 Å². The number of hydrogen-bond acceptors (Lipinski definition) is 4. The van der Waals surface area contributed by atoms with Gasteiger partial charge in [-0.2, -0.15) is 11.3 Å². The molecular formula is C24H17O3S-. The zero-order valence-electron chi connectivity index (χ0n) is 15.0. The Labute approximate surface area is 167 Å². The number of carboxylic acid groups (broad SMARTS) is 1. The zero-order chi connectivity index (χ0) is 19.3. The number of para-hydroxylation sites is 1. The lowest BCUT2D eigenvalue weighted by Crippen LogP contribution is -2.21. The van der Waals surface area contributed by atoms with Gasteiger partial charge in [0.15, 0.2) is 0 Å². The van der Waals surface area contributed by atoms with Gasteiger partial charge in [0.25, 0.3) is 0 Å². The highest BCUT2D eigenvalue weighted by molar-refractivity contribution is 7.08. The Kier molecular flexibility index (Phi) is 5.22. The van der Waals surface area contributed by atoms with E-state index in [-0.39, 0.29) is 5.56 Å². The lowest BCUT2D eigenvalue weighted by atomic mass is 9.97. The first-order valence-corrected chi connectivity index (χ1v) is 9.81. The molecule has 0 saturated heterocycles. The number of carbonyl (C=O) groups is 1. The van der Waals surface area contributed by atoms with Gasteiger partial charge in [0.2, 0.25) is 0 Å². The van der Waals surface area contributed by atoms with Crippen LogP contribution in [0.3, 0.4) is 0 Å². The van der Waals surface area contributed by atoms with Crippen LogP contribution in [0.4, 0.5) is 0 Å². The van der Waals surface area contributed by atoms with Gasteiger partial charge in [0.1, 0.15) is 12.4 Å². The molecule has 0 radical (unpaired) electrons. The van der Waals surface area contributed by atoms with E-state index in [1.54, 1.807) is 23.5 Å². The molecule has 3 aromatic carbocycles. The van der Waals surface area contributed by atoms with E-state index in [0.29, 0.717) is 6.61 Å². The van der Waals surface area contributed by atoms with Crippen LogP contribution >= 0.6 is 11.3 Å². The smallest absolute Gasteiger partial charge is 0.127 e. The Morgan fingerprint density at radius 1 is 0.786 bits per heavy atom. The van der Waals surface area contributed by atoms with Crippen LogP contribution in [-0.4, -0.2) is 5.97 Å². The summed E-state index contributed by atoms with van der Waals surface area (Å²) in [6.45, 7) is 0.498. The van der Waals surface area contributed by atoms with Crippen molar-refractivity contribution >= 4 is 17.3 Å². The quantitative estimate of drug-likeness (QED) is 0.468. The van der Waals surface area contributed by atoms with Gasteiger partial charge in [0, 0.05) is 16.7 Å². The van der Waals surface area contributed by atoms with Crippen molar-refractivity contribution in [3.8, 4) is 28.0 Å². The molecule has 0 aliphatic heterocycles. The number of hydrogen-bond donors (Lipinski definition) is 0. The van der Waals surface area contributed by atoms with E-state index in [0.717, 1.165) is 33.6 Å². The minimum Gasteiger partial charge on any atom is -0.545 e. The molecule has 0 aliphatic rings.